The van der Waals surface area contributed by atoms with Gasteiger partial charge in [0.05, 0.1) is 16.7 Å². The van der Waals surface area contributed by atoms with E-state index >= 15 is 0 Å². The molecular formula is C36H37F4N3O3. The van der Waals surface area contributed by atoms with Gasteiger partial charge in [-0.2, -0.15) is 23.7 Å². The lowest BCUT2D eigenvalue weighted by atomic mass is 9.87. The van der Waals surface area contributed by atoms with E-state index in [1.54, 1.807) is 36.2 Å². The average Bonchev–Trinajstić information content (AvgIpc) is 3.01. The van der Waals surface area contributed by atoms with Crippen molar-refractivity contribution in [2.45, 2.75) is 46.7 Å². The second kappa shape index (κ2) is 15.6. The molecule has 0 fully saturated rings. The summed E-state index contributed by atoms with van der Waals surface area (Å²) in [4.78, 5) is 14.6. The highest BCUT2D eigenvalue weighted by Gasteiger charge is 2.30. The van der Waals surface area contributed by atoms with E-state index in [2.05, 4.69) is 0 Å². The molecule has 0 saturated carbocycles. The molecule has 0 saturated heterocycles. The number of carbonyl (C=O) groups is 1. The molecule has 0 radical (unpaired) electrons. The van der Waals surface area contributed by atoms with Gasteiger partial charge in [-0.05, 0) is 78.1 Å². The van der Waals surface area contributed by atoms with E-state index in [0.29, 0.717) is 43.3 Å². The second-order valence-electron chi connectivity index (χ2n) is 11.9. The third kappa shape index (κ3) is 9.18. The molecular weight excluding hydrogens is 598 g/mol. The Kier molecular flexibility index (Phi) is 12.1. The number of hydrogen-bond donors (Lipinski definition) is 0. The molecule has 1 amide bonds. The summed E-state index contributed by atoms with van der Waals surface area (Å²) >= 11 is 0. The van der Waals surface area contributed by atoms with Crippen LogP contribution in [-0.2, 0) is 10.9 Å². The molecule has 46 heavy (non-hydrogen) atoms. The van der Waals surface area contributed by atoms with Crippen molar-refractivity contribution in [1.29, 1.82) is 10.5 Å². The fraction of sp³-hybridized carbons (Fsp3) is 0.361. The number of nitriles is 2. The van der Waals surface area contributed by atoms with E-state index in [-0.39, 0.29) is 45.0 Å². The highest BCUT2D eigenvalue weighted by molar-refractivity contribution is 5.94. The van der Waals surface area contributed by atoms with Gasteiger partial charge in [0.1, 0.15) is 30.3 Å². The Hall–Kier alpha value is -4.67. The summed E-state index contributed by atoms with van der Waals surface area (Å²) in [6.45, 7) is 8.51. The minimum absolute atomic E-state index is 0.0517. The summed E-state index contributed by atoms with van der Waals surface area (Å²) in [7, 11) is 1.71. The minimum atomic E-state index is -4.58. The molecule has 6 nitrogen and oxygen atoms in total. The van der Waals surface area contributed by atoms with E-state index in [9.17, 15) is 32.9 Å². The maximum atomic E-state index is 13.9. The predicted molar refractivity (Wildman–Crippen MR) is 169 cm³/mol. The van der Waals surface area contributed by atoms with E-state index in [0.717, 1.165) is 12.1 Å². The van der Waals surface area contributed by atoms with Crippen molar-refractivity contribution in [3.63, 3.8) is 0 Å². The summed E-state index contributed by atoms with van der Waals surface area (Å²) in [6, 6.07) is 16.1. The monoisotopic (exact) mass is 635 g/mol. The number of alkyl halides is 4. The zero-order valence-corrected chi connectivity index (χ0v) is 26.6. The van der Waals surface area contributed by atoms with Crippen molar-refractivity contribution in [2.24, 2.45) is 5.41 Å². The van der Waals surface area contributed by atoms with Crippen molar-refractivity contribution in [2.75, 3.05) is 33.5 Å². The largest absolute Gasteiger partial charge is 0.461 e. The molecule has 0 bridgehead atoms. The quantitative estimate of drug-likeness (QED) is 0.168. The van der Waals surface area contributed by atoms with E-state index in [1.807, 2.05) is 39.8 Å². The molecule has 0 aliphatic heterocycles. The molecule has 242 valence electrons. The molecule has 3 rings (SSSR count). The van der Waals surface area contributed by atoms with Gasteiger partial charge in [0.2, 0.25) is 0 Å². The Bertz CT molecular complexity index is 1730. The first-order valence-corrected chi connectivity index (χ1v) is 14.8. The van der Waals surface area contributed by atoms with Gasteiger partial charge in [-0.3, -0.25) is 4.79 Å². The van der Waals surface area contributed by atoms with E-state index in [1.165, 1.54) is 24.3 Å². The number of benzene rings is 3. The summed E-state index contributed by atoms with van der Waals surface area (Å²) < 4.78 is 65.9. The third-order valence-electron chi connectivity index (χ3n) is 7.03. The van der Waals surface area contributed by atoms with Crippen LogP contribution in [0.3, 0.4) is 0 Å². The van der Waals surface area contributed by atoms with Crippen molar-refractivity contribution >= 4 is 17.7 Å². The van der Waals surface area contributed by atoms with Gasteiger partial charge in [0.15, 0.2) is 0 Å². The van der Waals surface area contributed by atoms with Crippen LogP contribution in [0.5, 0.6) is 5.75 Å². The second-order valence-corrected chi connectivity index (χ2v) is 11.9. The molecule has 0 aliphatic rings. The van der Waals surface area contributed by atoms with E-state index in [4.69, 9.17) is 9.47 Å². The molecule has 10 heteroatoms. The number of rotatable bonds is 11. The summed E-state index contributed by atoms with van der Waals surface area (Å²) in [5.74, 6) is 0.481. The summed E-state index contributed by atoms with van der Waals surface area (Å²) in [5.41, 5.74) is -0.580. The first-order valence-electron chi connectivity index (χ1n) is 14.8. The van der Waals surface area contributed by atoms with Crippen molar-refractivity contribution < 1.29 is 31.8 Å². The molecule has 0 aliphatic carbocycles. The Morgan fingerprint density at radius 3 is 2.17 bits per heavy atom. The molecule has 0 atom stereocenters. The fourth-order valence-corrected chi connectivity index (χ4v) is 4.90. The average molecular weight is 636 g/mol. The number of nitrogens with zero attached hydrogens (tertiary/aromatic N) is 3. The molecule has 0 N–H and O–H groups in total. The topological polar surface area (TPSA) is 86.3 Å². The van der Waals surface area contributed by atoms with Crippen LogP contribution in [0.25, 0.3) is 23.0 Å². The van der Waals surface area contributed by atoms with Gasteiger partial charge in [-0.25, -0.2) is 4.39 Å². The third-order valence-corrected chi connectivity index (χ3v) is 7.03. The lowest BCUT2D eigenvalue weighted by Crippen LogP contribution is -2.34. The van der Waals surface area contributed by atoms with E-state index < -0.39 is 23.8 Å². The van der Waals surface area contributed by atoms with Crippen LogP contribution in [0.4, 0.5) is 17.6 Å². The standard InChI is InChI=1S/C36H37F4N3O3/c1-6-45-19-7-18-43(5)34(44)25-10-14-29(15-11-25)46-31(21-35(2,3)4)33-26(16-17-37)20-27(22-41)30(23-42)32(33)24-8-12-28(13-9-24)36(38,39)40/h8-16,20H,6-7,17-19,21H2,1-5H3/b26-16-,33-31-. The van der Waals surface area contributed by atoms with Crippen LogP contribution in [0.1, 0.15) is 67.6 Å². The van der Waals surface area contributed by atoms with Crippen molar-refractivity contribution in [3.05, 3.63) is 87.3 Å². The molecule has 0 aromatic heterocycles. The van der Waals surface area contributed by atoms with Gasteiger partial charge < -0.3 is 14.4 Å². The molecule has 3 aromatic carbocycles. The first kappa shape index (κ1) is 35.8. The van der Waals surface area contributed by atoms with Crippen LogP contribution in [0.15, 0.2) is 54.6 Å². The van der Waals surface area contributed by atoms with Crippen LogP contribution in [-0.4, -0.2) is 44.3 Å². The molecule has 0 unspecified atom stereocenters. The van der Waals surface area contributed by atoms with Crippen LogP contribution in [0, 0.1) is 28.1 Å². The maximum Gasteiger partial charge on any atom is 0.416 e. The van der Waals surface area contributed by atoms with Crippen LogP contribution in [0.2, 0.25) is 0 Å². The normalized spacial score (nSPS) is 12.7. The fourth-order valence-electron chi connectivity index (χ4n) is 4.90. The molecule has 0 heterocycles. The van der Waals surface area contributed by atoms with Gasteiger partial charge in [-0.1, -0.05) is 32.9 Å². The SMILES string of the molecule is CCOCCCN(C)C(=O)c1ccc(O/C(CC(C)(C)C)=c2\c(-c3ccc(C(F)(F)F)cc3)c(C#N)c(C#N)c\c2=C\CF)cc1. The summed E-state index contributed by atoms with van der Waals surface area (Å²) in [6.07, 6.45) is -2.38. The first-order chi connectivity index (χ1) is 21.7. The Labute approximate surface area is 266 Å². The smallest absolute Gasteiger partial charge is 0.416 e. The van der Waals surface area contributed by atoms with Crippen molar-refractivity contribution in [3.8, 4) is 29.0 Å². The lowest BCUT2D eigenvalue weighted by Gasteiger charge is -2.23. The zero-order chi connectivity index (χ0) is 34.1. The number of ether oxygens (including phenoxy) is 2. The lowest BCUT2D eigenvalue weighted by molar-refractivity contribution is -0.137. The number of hydrogen-bond acceptors (Lipinski definition) is 5. The van der Waals surface area contributed by atoms with Gasteiger partial charge >= 0.3 is 6.18 Å². The van der Waals surface area contributed by atoms with Crippen LogP contribution >= 0.6 is 0 Å². The zero-order valence-electron chi connectivity index (χ0n) is 26.6. The maximum absolute atomic E-state index is 13.9. The Balaban J connectivity index is 2.25. The minimum Gasteiger partial charge on any atom is -0.461 e. The molecule has 0 spiro atoms. The Morgan fingerprint density at radius 2 is 1.65 bits per heavy atom. The van der Waals surface area contributed by atoms with Gasteiger partial charge in [0, 0.05) is 49.6 Å². The van der Waals surface area contributed by atoms with Gasteiger partial charge in [0.25, 0.3) is 5.91 Å². The van der Waals surface area contributed by atoms with Crippen LogP contribution < -0.4 is 15.2 Å². The van der Waals surface area contributed by atoms with Gasteiger partial charge in [-0.15, -0.1) is 0 Å². The Morgan fingerprint density at radius 1 is 1.00 bits per heavy atom. The predicted octanol–water partition coefficient (Wildman–Crippen LogP) is 6.99. The number of halogens is 4. The number of carbonyl (C=O) groups excluding carboxylic acids is 1. The van der Waals surface area contributed by atoms with Crippen molar-refractivity contribution in [1.82, 2.24) is 4.90 Å². The summed E-state index contributed by atoms with van der Waals surface area (Å²) in [5, 5.41) is 20.6. The highest BCUT2D eigenvalue weighted by atomic mass is 19.4. The highest BCUT2D eigenvalue weighted by Crippen LogP contribution is 2.33. The number of amides is 1. The molecule has 3 aromatic rings.